The van der Waals surface area contributed by atoms with E-state index in [9.17, 15) is 9.59 Å². The van der Waals surface area contributed by atoms with Crippen LogP contribution in [0.15, 0.2) is 36.4 Å². The first kappa shape index (κ1) is 22.8. The van der Waals surface area contributed by atoms with Crippen molar-refractivity contribution in [2.45, 2.75) is 40.0 Å². The normalized spacial score (nSPS) is 14.8. The van der Waals surface area contributed by atoms with Gasteiger partial charge in [-0.2, -0.15) is 0 Å². The van der Waals surface area contributed by atoms with Crippen LogP contribution in [-0.4, -0.2) is 45.0 Å². The maximum absolute atomic E-state index is 12.5. The van der Waals surface area contributed by atoms with E-state index in [1.165, 1.54) is 30.5 Å². The van der Waals surface area contributed by atoms with Gasteiger partial charge in [-0.05, 0) is 75.4 Å². The van der Waals surface area contributed by atoms with Gasteiger partial charge in [-0.1, -0.05) is 17.7 Å². The lowest BCUT2D eigenvalue weighted by molar-refractivity contribution is -0.862. The third kappa shape index (κ3) is 6.56. The highest BCUT2D eigenvalue weighted by molar-refractivity contribution is 5.94. The number of carbonyl (C=O) groups is 2. The highest BCUT2D eigenvalue weighted by Crippen LogP contribution is 2.22. The Balaban J connectivity index is 1.47. The van der Waals surface area contributed by atoms with Crippen molar-refractivity contribution in [2.75, 3.05) is 48.8 Å². The quantitative estimate of drug-likeness (QED) is 0.642. The van der Waals surface area contributed by atoms with Gasteiger partial charge < -0.3 is 20.4 Å². The van der Waals surface area contributed by atoms with E-state index in [-0.39, 0.29) is 24.9 Å². The van der Waals surface area contributed by atoms with E-state index in [0.717, 1.165) is 40.5 Å². The smallest absolute Gasteiger partial charge is 0.279 e. The number of hydrogen-bond acceptors (Lipinski definition) is 3. The monoisotopic (exact) mass is 423 g/mol. The molecule has 1 aliphatic heterocycles. The molecule has 31 heavy (non-hydrogen) atoms. The lowest BCUT2D eigenvalue weighted by Crippen LogP contribution is -3.11. The average molecular weight is 424 g/mol. The second kappa shape index (κ2) is 10.4. The molecule has 0 radical (unpaired) electrons. The molecule has 2 aromatic rings. The molecule has 6 nitrogen and oxygen atoms in total. The van der Waals surface area contributed by atoms with Crippen molar-refractivity contribution in [2.24, 2.45) is 0 Å². The molecule has 0 saturated carbocycles. The number of quaternary nitrogens is 1. The van der Waals surface area contributed by atoms with Gasteiger partial charge in [0.15, 0.2) is 13.1 Å². The van der Waals surface area contributed by atoms with Gasteiger partial charge in [0.05, 0.1) is 7.05 Å². The Morgan fingerprint density at radius 1 is 0.871 bits per heavy atom. The largest absolute Gasteiger partial charge is 0.372 e. The van der Waals surface area contributed by atoms with Crippen molar-refractivity contribution in [1.82, 2.24) is 0 Å². The number of nitrogens with one attached hydrogen (secondary N) is 3. The van der Waals surface area contributed by atoms with Crippen LogP contribution in [0, 0.1) is 20.8 Å². The lowest BCUT2D eigenvalue weighted by Gasteiger charge is -2.28. The third-order valence-corrected chi connectivity index (χ3v) is 5.74. The molecule has 1 unspecified atom stereocenters. The van der Waals surface area contributed by atoms with Crippen LogP contribution in [0.2, 0.25) is 0 Å². The SMILES string of the molecule is Cc1cc(C)c(NC(=O)C[NH+](C)CC(=O)Nc2ccc(N3CCCCC3)cc2)c(C)c1. The fourth-order valence-electron chi connectivity index (χ4n) is 4.28. The van der Waals surface area contributed by atoms with Crippen LogP contribution in [0.1, 0.15) is 36.0 Å². The first-order chi connectivity index (χ1) is 14.8. The summed E-state index contributed by atoms with van der Waals surface area (Å²) in [5.41, 5.74) is 6.13. The summed E-state index contributed by atoms with van der Waals surface area (Å²) in [6, 6.07) is 12.2. The molecule has 1 fully saturated rings. The molecule has 2 amide bonds. The van der Waals surface area contributed by atoms with Crippen LogP contribution in [0.5, 0.6) is 0 Å². The number of likely N-dealkylation sites (N-methyl/N-ethyl adjacent to an activating group) is 1. The summed E-state index contributed by atoms with van der Waals surface area (Å²) in [5.74, 6) is -0.190. The lowest BCUT2D eigenvalue weighted by atomic mass is 10.1. The third-order valence-electron chi connectivity index (χ3n) is 5.74. The van der Waals surface area contributed by atoms with Crippen LogP contribution in [-0.2, 0) is 9.59 Å². The number of carbonyl (C=O) groups excluding carboxylic acids is 2. The van der Waals surface area contributed by atoms with Gasteiger partial charge >= 0.3 is 0 Å². The van der Waals surface area contributed by atoms with Crippen LogP contribution in [0.4, 0.5) is 17.1 Å². The average Bonchev–Trinajstić information content (AvgIpc) is 2.71. The summed E-state index contributed by atoms with van der Waals surface area (Å²) in [6.45, 7) is 8.70. The molecule has 1 saturated heterocycles. The molecule has 1 aliphatic rings. The number of amides is 2. The Hall–Kier alpha value is -2.86. The van der Waals surface area contributed by atoms with Crippen molar-refractivity contribution in [1.29, 1.82) is 0 Å². The second-order valence-electron chi connectivity index (χ2n) is 8.78. The van der Waals surface area contributed by atoms with E-state index >= 15 is 0 Å². The molecule has 3 N–H and O–H groups in total. The predicted molar refractivity (Wildman–Crippen MR) is 127 cm³/mol. The summed E-state index contributed by atoms with van der Waals surface area (Å²) >= 11 is 0. The standard InChI is InChI=1S/C25H34N4O2/c1-18-14-19(2)25(20(3)15-18)27-24(31)17-28(4)16-23(30)26-21-8-10-22(11-9-21)29-12-6-5-7-13-29/h8-11,14-15H,5-7,12-13,16-17H2,1-4H3,(H,26,30)(H,27,31)/p+1. The second-order valence-corrected chi connectivity index (χ2v) is 8.78. The van der Waals surface area contributed by atoms with Crippen molar-refractivity contribution in [3.8, 4) is 0 Å². The van der Waals surface area contributed by atoms with E-state index in [2.05, 4.69) is 39.8 Å². The van der Waals surface area contributed by atoms with E-state index in [1.54, 1.807) is 0 Å². The summed E-state index contributed by atoms with van der Waals surface area (Å²) in [7, 11) is 1.85. The zero-order valence-corrected chi connectivity index (χ0v) is 19.2. The zero-order chi connectivity index (χ0) is 22.4. The van der Waals surface area contributed by atoms with Crippen LogP contribution in [0.25, 0.3) is 0 Å². The van der Waals surface area contributed by atoms with Crippen molar-refractivity contribution in [3.63, 3.8) is 0 Å². The Morgan fingerprint density at radius 2 is 1.42 bits per heavy atom. The van der Waals surface area contributed by atoms with E-state index in [4.69, 9.17) is 0 Å². The Bertz CT molecular complexity index is 895. The number of benzene rings is 2. The molecule has 1 heterocycles. The maximum atomic E-state index is 12.5. The summed E-state index contributed by atoms with van der Waals surface area (Å²) in [5, 5.41) is 5.94. The molecule has 2 aromatic carbocycles. The minimum Gasteiger partial charge on any atom is -0.372 e. The fourth-order valence-corrected chi connectivity index (χ4v) is 4.28. The van der Waals surface area contributed by atoms with Gasteiger partial charge in [-0.3, -0.25) is 9.59 Å². The van der Waals surface area contributed by atoms with Crippen LogP contribution < -0.4 is 20.4 Å². The number of aryl methyl sites for hydroxylation is 3. The number of hydrogen-bond donors (Lipinski definition) is 3. The Kier molecular flexibility index (Phi) is 7.69. The number of rotatable bonds is 7. The maximum Gasteiger partial charge on any atom is 0.279 e. The zero-order valence-electron chi connectivity index (χ0n) is 19.2. The molecule has 1 atom stereocenters. The van der Waals surface area contributed by atoms with Crippen LogP contribution in [0.3, 0.4) is 0 Å². The van der Waals surface area contributed by atoms with Gasteiger partial charge in [0.2, 0.25) is 0 Å². The minimum atomic E-state index is -0.0984. The first-order valence-electron chi connectivity index (χ1n) is 11.2. The molecule has 0 aliphatic carbocycles. The van der Waals surface area contributed by atoms with Gasteiger partial charge in [-0.25, -0.2) is 0 Å². The van der Waals surface area contributed by atoms with Gasteiger partial charge in [-0.15, -0.1) is 0 Å². The topological polar surface area (TPSA) is 65.9 Å². The molecule has 6 heteroatoms. The van der Waals surface area contributed by atoms with E-state index < -0.39 is 0 Å². The molecule has 0 spiro atoms. The van der Waals surface area contributed by atoms with Gasteiger partial charge in [0.1, 0.15) is 0 Å². The summed E-state index contributed by atoms with van der Waals surface area (Å²) in [4.78, 5) is 28.1. The van der Waals surface area contributed by atoms with Gasteiger partial charge in [0, 0.05) is 30.2 Å². The predicted octanol–water partition coefficient (Wildman–Crippen LogP) is 2.69. The Morgan fingerprint density at radius 3 is 2.00 bits per heavy atom. The van der Waals surface area contributed by atoms with Crippen molar-refractivity contribution < 1.29 is 14.5 Å². The number of piperidine rings is 1. The minimum absolute atomic E-state index is 0.0914. The van der Waals surface area contributed by atoms with Gasteiger partial charge in [0.25, 0.3) is 11.8 Å². The number of nitrogens with zero attached hydrogens (tertiary/aromatic N) is 1. The molecular formula is C25H35N4O2+. The highest BCUT2D eigenvalue weighted by Gasteiger charge is 2.16. The van der Waals surface area contributed by atoms with E-state index in [0.29, 0.717) is 0 Å². The molecule has 0 bridgehead atoms. The van der Waals surface area contributed by atoms with Crippen molar-refractivity contribution >= 4 is 28.9 Å². The molecule has 0 aromatic heterocycles. The Labute approximate surface area is 185 Å². The van der Waals surface area contributed by atoms with Crippen LogP contribution >= 0.6 is 0 Å². The molecule has 3 rings (SSSR count). The number of anilines is 3. The molecular weight excluding hydrogens is 388 g/mol. The van der Waals surface area contributed by atoms with E-state index in [1.807, 2.05) is 40.0 Å². The highest BCUT2D eigenvalue weighted by atomic mass is 16.2. The summed E-state index contributed by atoms with van der Waals surface area (Å²) in [6.07, 6.45) is 3.79. The first-order valence-corrected chi connectivity index (χ1v) is 11.2. The summed E-state index contributed by atoms with van der Waals surface area (Å²) < 4.78 is 0. The molecule has 166 valence electrons. The fraction of sp³-hybridized carbons (Fsp3) is 0.440. The van der Waals surface area contributed by atoms with Crippen molar-refractivity contribution in [3.05, 3.63) is 53.1 Å².